The zero-order valence-electron chi connectivity index (χ0n) is 11.5. The first-order valence-electron chi connectivity index (χ1n) is 6.70. The number of azide groups is 1. The largest absolute Gasteiger partial charge is 0.445 e. The normalized spacial score (nSPS) is 19.2. The van der Waals surface area contributed by atoms with Crippen molar-refractivity contribution in [1.82, 2.24) is 4.90 Å². The molecule has 0 aliphatic carbocycles. The van der Waals surface area contributed by atoms with Gasteiger partial charge in [0.05, 0.1) is 0 Å². The standard InChI is InChI=1S/C14H18N4O2/c1-11(16-17-15)13-7-8-18(9-13)14(19)20-10-12-5-3-2-4-6-12/h2-6,11,13H,7-10H2,1H3/t11?,13-/m1/s1. The van der Waals surface area contributed by atoms with Crippen LogP contribution in [0.2, 0.25) is 0 Å². The summed E-state index contributed by atoms with van der Waals surface area (Å²) in [4.78, 5) is 16.4. The van der Waals surface area contributed by atoms with Gasteiger partial charge in [0, 0.05) is 24.0 Å². The SMILES string of the molecule is CC(N=[N+]=[N-])[C@@H]1CCN(C(=O)OCc2ccccc2)C1. The molecule has 106 valence electrons. The van der Waals surface area contributed by atoms with Crippen LogP contribution in [0, 0.1) is 5.92 Å². The average molecular weight is 274 g/mol. The minimum absolute atomic E-state index is 0.0908. The summed E-state index contributed by atoms with van der Waals surface area (Å²) in [6.07, 6.45) is 0.546. The van der Waals surface area contributed by atoms with Gasteiger partial charge >= 0.3 is 6.09 Å². The Kier molecular flexibility index (Phi) is 4.85. The van der Waals surface area contributed by atoms with Gasteiger partial charge in [-0.05, 0) is 23.4 Å². The first-order chi connectivity index (χ1) is 9.70. The summed E-state index contributed by atoms with van der Waals surface area (Å²) >= 11 is 0. The summed E-state index contributed by atoms with van der Waals surface area (Å²) in [7, 11) is 0. The lowest BCUT2D eigenvalue weighted by molar-refractivity contribution is 0.103. The summed E-state index contributed by atoms with van der Waals surface area (Å²) in [6.45, 7) is 3.41. The van der Waals surface area contributed by atoms with Crippen LogP contribution in [0.25, 0.3) is 10.4 Å². The van der Waals surface area contributed by atoms with Gasteiger partial charge in [0.15, 0.2) is 0 Å². The third kappa shape index (κ3) is 3.65. The van der Waals surface area contributed by atoms with E-state index in [1.807, 2.05) is 37.3 Å². The summed E-state index contributed by atoms with van der Waals surface area (Å²) in [6, 6.07) is 9.50. The average Bonchev–Trinajstić information content (AvgIpc) is 2.96. The van der Waals surface area contributed by atoms with Crippen molar-refractivity contribution in [3.8, 4) is 0 Å². The maximum absolute atomic E-state index is 11.9. The summed E-state index contributed by atoms with van der Waals surface area (Å²) in [5.74, 6) is 0.218. The molecule has 6 heteroatoms. The number of amides is 1. The van der Waals surface area contributed by atoms with Gasteiger partial charge in [-0.15, -0.1) is 0 Å². The van der Waals surface area contributed by atoms with Gasteiger partial charge in [0.2, 0.25) is 0 Å². The minimum Gasteiger partial charge on any atom is -0.445 e. The molecule has 2 atom stereocenters. The Balaban J connectivity index is 1.81. The van der Waals surface area contributed by atoms with Crippen molar-refractivity contribution >= 4 is 6.09 Å². The first-order valence-corrected chi connectivity index (χ1v) is 6.70. The number of ether oxygens (including phenoxy) is 1. The first kappa shape index (κ1) is 14.2. The van der Waals surface area contributed by atoms with E-state index in [0.29, 0.717) is 13.1 Å². The fraction of sp³-hybridized carbons (Fsp3) is 0.500. The van der Waals surface area contributed by atoms with E-state index in [2.05, 4.69) is 10.0 Å². The van der Waals surface area contributed by atoms with Crippen molar-refractivity contribution < 1.29 is 9.53 Å². The number of nitrogens with zero attached hydrogens (tertiary/aromatic N) is 4. The maximum atomic E-state index is 11.9. The Bertz CT molecular complexity index is 499. The van der Waals surface area contributed by atoms with Crippen LogP contribution in [-0.2, 0) is 11.3 Å². The smallest absolute Gasteiger partial charge is 0.410 e. The lowest BCUT2D eigenvalue weighted by Gasteiger charge is -2.17. The van der Waals surface area contributed by atoms with Crippen LogP contribution >= 0.6 is 0 Å². The van der Waals surface area contributed by atoms with Crippen LogP contribution in [0.4, 0.5) is 4.79 Å². The van der Waals surface area contributed by atoms with Crippen molar-refractivity contribution in [3.05, 3.63) is 46.3 Å². The van der Waals surface area contributed by atoms with Gasteiger partial charge in [-0.25, -0.2) is 4.79 Å². The highest BCUT2D eigenvalue weighted by Gasteiger charge is 2.30. The fourth-order valence-electron chi connectivity index (χ4n) is 2.33. The van der Waals surface area contributed by atoms with E-state index in [9.17, 15) is 4.79 Å². The molecule has 0 bridgehead atoms. The maximum Gasteiger partial charge on any atom is 0.410 e. The van der Waals surface area contributed by atoms with Crippen LogP contribution in [-0.4, -0.2) is 30.1 Å². The molecule has 0 spiro atoms. The van der Waals surface area contributed by atoms with Gasteiger partial charge < -0.3 is 9.64 Å². The van der Waals surface area contributed by atoms with E-state index in [-0.39, 0.29) is 24.7 Å². The molecule has 1 amide bonds. The Hall–Kier alpha value is -2.20. The van der Waals surface area contributed by atoms with E-state index in [4.69, 9.17) is 10.3 Å². The third-order valence-corrected chi connectivity index (χ3v) is 3.60. The molecule has 0 radical (unpaired) electrons. The number of carbonyl (C=O) groups excluding carboxylic acids is 1. The summed E-state index contributed by atoms with van der Waals surface area (Å²) in [5.41, 5.74) is 9.41. The number of rotatable bonds is 4. The summed E-state index contributed by atoms with van der Waals surface area (Å²) in [5, 5.41) is 3.70. The second-order valence-electron chi connectivity index (χ2n) is 4.98. The van der Waals surface area contributed by atoms with Gasteiger partial charge in [-0.2, -0.15) is 0 Å². The number of hydrogen-bond acceptors (Lipinski definition) is 3. The van der Waals surface area contributed by atoms with Crippen molar-refractivity contribution in [3.63, 3.8) is 0 Å². The Morgan fingerprint density at radius 2 is 2.30 bits per heavy atom. The van der Waals surface area contributed by atoms with Crippen LogP contribution in [0.5, 0.6) is 0 Å². The molecule has 1 aromatic rings. The molecular weight excluding hydrogens is 256 g/mol. The predicted molar refractivity (Wildman–Crippen MR) is 74.9 cm³/mol. The van der Waals surface area contributed by atoms with Crippen molar-refractivity contribution in [2.24, 2.45) is 11.0 Å². The molecule has 0 N–H and O–H groups in total. The van der Waals surface area contributed by atoms with Crippen LogP contribution in [0.15, 0.2) is 35.4 Å². The molecule has 1 unspecified atom stereocenters. The predicted octanol–water partition coefficient (Wildman–Crippen LogP) is 3.34. The second kappa shape index (κ2) is 6.82. The summed E-state index contributed by atoms with van der Waals surface area (Å²) < 4.78 is 5.28. The Morgan fingerprint density at radius 3 is 3.00 bits per heavy atom. The van der Waals surface area contributed by atoms with Gasteiger partial charge in [-0.1, -0.05) is 42.4 Å². The molecule has 0 saturated carbocycles. The number of hydrogen-bond donors (Lipinski definition) is 0. The highest BCUT2D eigenvalue weighted by molar-refractivity contribution is 5.68. The highest BCUT2D eigenvalue weighted by Crippen LogP contribution is 2.22. The molecule has 2 rings (SSSR count). The molecule has 1 aliphatic heterocycles. The van der Waals surface area contributed by atoms with Gasteiger partial charge in [0.1, 0.15) is 6.61 Å². The molecule has 1 fully saturated rings. The van der Waals surface area contributed by atoms with Crippen LogP contribution in [0.3, 0.4) is 0 Å². The molecule has 0 aromatic heterocycles. The topological polar surface area (TPSA) is 78.3 Å². The van der Waals surface area contributed by atoms with Crippen LogP contribution in [0.1, 0.15) is 18.9 Å². The van der Waals surface area contributed by atoms with E-state index < -0.39 is 0 Å². The number of likely N-dealkylation sites (tertiary alicyclic amines) is 1. The zero-order valence-corrected chi connectivity index (χ0v) is 11.5. The molecule has 1 saturated heterocycles. The molecular formula is C14H18N4O2. The Labute approximate surface area is 118 Å². The Morgan fingerprint density at radius 1 is 1.55 bits per heavy atom. The lowest BCUT2D eigenvalue weighted by atomic mass is 10.0. The number of benzene rings is 1. The fourth-order valence-corrected chi connectivity index (χ4v) is 2.33. The van der Waals surface area contributed by atoms with E-state index >= 15 is 0 Å². The monoisotopic (exact) mass is 274 g/mol. The zero-order chi connectivity index (χ0) is 14.4. The highest BCUT2D eigenvalue weighted by atomic mass is 16.6. The van der Waals surface area contributed by atoms with Crippen molar-refractivity contribution in [2.45, 2.75) is 26.0 Å². The molecule has 1 heterocycles. The molecule has 1 aromatic carbocycles. The van der Waals surface area contributed by atoms with E-state index in [0.717, 1.165) is 12.0 Å². The minimum atomic E-state index is -0.301. The molecule has 20 heavy (non-hydrogen) atoms. The van der Waals surface area contributed by atoms with Crippen molar-refractivity contribution in [2.75, 3.05) is 13.1 Å². The lowest BCUT2D eigenvalue weighted by Crippen LogP contribution is -2.30. The van der Waals surface area contributed by atoms with E-state index in [1.165, 1.54) is 0 Å². The molecule has 6 nitrogen and oxygen atoms in total. The van der Waals surface area contributed by atoms with E-state index in [1.54, 1.807) is 4.90 Å². The van der Waals surface area contributed by atoms with Gasteiger partial charge in [-0.3, -0.25) is 0 Å². The molecule has 1 aliphatic rings. The quantitative estimate of drug-likeness (QED) is 0.479. The second-order valence-corrected chi connectivity index (χ2v) is 4.98. The third-order valence-electron chi connectivity index (χ3n) is 3.60. The van der Waals surface area contributed by atoms with Gasteiger partial charge in [0.25, 0.3) is 0 Å². The number of carbonyl (C=O) groups is 1. The van der Waals surface area contributed by atoms with Crippen LogP contribution < -0.4 is 0 Å². The van der Waals surface area contributed by atoms with Crippen molar-refractivity contribution in [1.29, 1.82) is 0 Å².